The number of nitrogens with two attached hydrogens (primary N) is 1. The molecular weight excluding hydrogens is 467 g/mol. The van der Waals surface area contributed by atoms with Crippen molar-refractivity contribution in [2.45, 2.75) is 50.3 Å². The number of carbonyl (C=O) groups excluding carboxylic acids is 4. The van der Waals surface area contributed by atoms with E-state index in [1.807, 2.05) is 0 Å². The molecule has 34 heavy (non-hydrogen) atoms. The lowest BCUT2D eigenvalue weighted by atomic mass is 9.94. The normalized spacial score (nSPS) is 20.4. The van der Waals surface area contributed by atoms with E-state index in [0.717, 1.165) is 25.0 Å². The van der Waals surface area contributed by atoms with E-state index in [9.17, 15) is 28.7 Å². The van der Waals surface area contributed by atoms with Crippen LogP contribution in [0.2, 0.25) is 5.02 Å². The maximum atomic E-state index is 13.9. The number of halogens is 2. The Morgan fingerprint density at radius 2 is 1.97 bits per heavy atom. The predicted octanol–water partition coefficient (Wildman–Crippen LogP) is 0.634. The SMILES string of the molecule is NC(=O)C(O)C(C[C@@H]1CCNC1=O)NC(=O)[C@H](CC1CC1)NC(=O)/C=C/c1ccc(Cl)cc1F. The van der Waals surface area contributed by atoms with Gasteiger partial charge in [0.2, 0.25) is 23.6 Å². The molecule has 1 aliphatic carbocycles. The molecule has 1 aromatic rings. The molecule has 1 saturated carbocycles. The lowest BCUT2D eigenvalue weighted by molar-refractivity contribution is -0.133. The molecule has 6 N–H and O–H groups in total. The van der Waals surface area contributed by atoms with Crippen molar-refractivity contribution in [2.75, 3.05) is 6.54 Å². The summed E-state index contributed by atoms with van der Waals surface area (Å²) in [5.41, 5.74) is 5.38. The Bertz CT molecular complexity index is 984. The van der Waals surface area contributed by atoms with Crippen LogP contribution in [0.3, 0.4) is 0 Å². The van der Waals surface area contributed by atoms with Gasteiger partial charge < -0.3 is 26.8 Å². The summed E-state index contributed by atoms with van der Waals surface area (Å²) in [5.74, 6) is -3.28. The van der Waals surface area contributed by atoms with Gasteiger partial charge in [0.25, 0.3) is 0 Å². The minimum absolute atomic E-state index is 0.0293. The molecule has 9 nitrogen and oxygen atoms in total. The van der Waals surface area contributed by atoms with Crippen LogP contribution < -0.4 is 21.7 Å². The van der Waals surface area contributed by atoms with E-state index in [0.29, 0.717) is 19.4 Å². The summed E-state index contributed by atoms with van der Waals surface area (Å²) < 4.78 is 13.9. The highest BCUT2D eigenvalue weighted by Crippen LogP contribution is 2.33. The van der Waals surface area contributed by atoms with Crippen LogP contribution >= 0.6 is 11.6 Å². The third kappa shape index (κ3) is 7.26. The van der Waals surface area contributed by atoms with Crippen LogP contribution in [0.4, 0.5) is 4.39 Å². The van der Waals surface area contributed by atoms with Crippen LogP contribution in [-0.4, -0.2) is 53.5 Å². The smallest absolute Gasteiger partial charge is 0.248 e. The maximum Gasteiger partial charge on any atom is 0.248 e. The van der Waals surface area contributed by atoms with Crippen molar-refractivity contribution in [3.05, 3.63) is 40.7 Å². The Morgan fingerprint density at radius 3 is 2.56 bits per heavy atom. The minimum Gasteiger partial charge on any atom is -0.381 e. The molecular formula is C23H28ClFN4O5. The van der Waals surface area contributed by atoms with E-state index in [1.165, 1.54) is 18.2 Å². The minimum atomic E-state index is -1.69. The number of hydrogen-bond donors (Lipinski definition) is 5. The summed E-state index contributed by atoms with van der Waals surface area (Å²) in [6, 6.07) is 2.00. The Kier molecular flexibility index (Phi) is 8.62. The van der Waals surface area contributed by atoms with Crippen molar-refractivity contribution < 1.29 is 28.7 Å². The Labute approximate surface area is 201 Å². The van der Waals surface area contributed by atoms with E-state index in [4.69, 9.17) is 17.3 Å². The van der Waals surface area contributed by atoms with Crippen LogP contribution in [0.25, 0.3) is 6.08 Å². The summed E-state index contributed by atoms with van der Waals surface area (Å²) in [5, 5.41) is 18.3. The molecule has 3 rings (SSSR count). The number of carbonyl (C=O) groups is 4. The number of amides is 4. The molecule has 0 bridgehead atoms. The fourth-order valence-corrected chi connectivity index (χ4v) is 4.02. The molecule has 2 unspecified atom stereocenters. The predicted molar refractivity (Wildman–Crippen MR) is 123 cm³/mol. The number of aliphatic hydroxyl groups is 1. The molecule has 0 spiro atoms. The third-order valence-corrected chi connectivity index (χ3v) is 6.21. The van der Waals surface area contributed by atoms with Crippen LogP contribution in [0.1, 0.15) is 37.7 Å². The third-order valence-electron chi connectivity index (χ3n) is 5.98. The van der Waals surface area contributed by atoms with Gasteiger partial charge in [-0.3, -0.25) is 19.2 Å². The second-order valence-electron chi connectivity index (χ2n) is 8.71. The number of nitrogens with one attached hydrogen (secondary N) is 3. The average molecular weight is 495 g/mol. The summed E-state index contributed by atoms with van der Waals surface area (Å²) in [6.07, 6.45) is 3.42. The number of rotatable bonds is 11. The first kappa shape index (κ1) is 25.6. The Balaban J connectivity index is 1.67. The molecule has 2 fully saturated rings. The van der Waals surface area contributed by atoms with Crippen molar-refractivity contribution in [2.24, 2.45) is 17.6 Å². The number of primary amides is 1. The molecule has 4 amide bonds. The average Bonchev–Trinajstić information content (AvgIpc) is 3.51. The zero-order chi connectivity index (χ0) is 24.8. The van der Waals surface area contributed by atoms with E-state index < -0.39 is 47.6 Å². The molecule has 0 radical (unpaired) electrons. The van der Waals surface area contributed by atoms with E-state index >= 15 is 0 Å². The monoisotopic (exact) mass is 494 g/mol. The molecule has 2 aliphatic rings. The molecule has 1 aliphatic heterocycles. The summed E-state index contributed by atoms with van der Waals surface area (Å²) in [4.78, 5) is 49.0. The topological polar surface area (TPSA) is 151 Å². The van der Waals surface area contributed by atoms with E-state index in [-0.39, 0.29) is 28.8 Å². The van der Waals surface area contributed by atoms with Gasteiger partial charge in [0.15, 0.2) is 6.10 Å². The molecule has 4 atom stereocenters. The fraction of sp³-hybridized carbons (Fsp3) is 0.478. The second-order valence-corrected chi connectivity index (χ2v) is 9.15. The molecule has 1 saturated heterocycles. The van der Waals surface area contributed by atoms with Crippen LogP contribution in [0, 0.1) is 17.7 Å². The quantitative estimate of drug-likeness (QED) is 0.286. The van der Waals surface area contributed by atoms with Crippen LogP contribution in [-0.2, 0) is 19.2 Å². The van der Waals surface area contributed by atoms with Crippen LogP contribution in [0.15, 0.2) is 24.3 Å². The molecule has 1 aromatic carbocycles. The fourth-order valence-electron chi connectivity index (χ4n) is 3.87. The molecule has 1 heterocycles. The van der Waals surface area contributed by atoms with Crippen molar-refractivity contribution >= 4 is 41.3 Å². The summed E-state index contributed by atoms with van der Waals surface area (Å²) in [7, 11) is 0. The Hall–Kier alpha value is -2.98. The first-order valence-electron chi connectivity index (χ1n) is 11.1. The zero-order valence-corrected chi connectivity index (χ0v) is 19.2. The van der Waals surface area contributed by atoms with Gasteiger partial charge in [0, 0.05) is 29.1 Å². The van der Waals surface area contributed by atoms with Gasteiger partial charge in [-0.1, -0.05) is 30.5 Å². The lowest BCUT2D eigenvalue weighted by Gasteiger charge is -2.26. The van der Waals surface area contributed by atoms with Gasteiger partial charge in [0.05, 0.1) is 6.04 Å². The van der Waals surface area contributed by atoms with Gasteiger partial charge >= 0.3 is 0 Å². The van der Waals surface area contributed by atoms with Gasteiger partial charge in [-0.2, -0.15) is 0 Å². The standard InChI is InChI=1S/C23H28ClFN4O5/c24-15-5-3-13(16(25)11-15)4-6-19(30)28-18(9-12-1-2-12)23(34)29-17(20(31)21(26)32)10-14-7-8-27-22(14)33/h3-6,11-12,14,17-18,20,31H,1-2,7-10H2,(H2,26,32)(H,27,33)(H,28,30)(H,29,34)/b6-4+/t14-,17?,18-,20?/m0/s1. The highest BCUT2D eigenvalue weighted by Gasteiger charge is 2.36. The van der Waals surface area contributed by atoms with Gasteiger partial charge in [-0.05, 0) is 43.4 Å². The second kappa shape index (κ2) is 11.4. The first-order chi connectivity index (χ1) is 16.1. The molecule has 184 valence electrons. The lowest BCUT2D eigenvalue weighted by Crippen LogP contribution is -2.55. The van der Waals surface area contributed by atoms with Gasteiger partial charge in [0.1, 0.15) is 11.9 Å². The van der Waals surface area contributed by atoms with Crippen LogP contribution in [0.5, 0.6) is 0 Å². The largest absolute Gasteiger partial charge is 0.381 e. The molecule has 0 aromatic heterocycles. The van der Waals surface area contributed by atoms with Gasteiger partial charge in [-0.25, -0.2) is 4.39 Å². The Morgan fingerprint density at radius 1 is 1.24 bits per heavy atom. The summed E-state index contributed by atoms with van der Waals surface area (Å²) in [6.45, 7) is 0.470. The maximum absolute atomic E-state index is 13.9. The zero-order valence-electron chi connectivity index (χ0n) is 18.4. The summed E-state index contributed by atoms with van der Waals surface area (Å²) >= 11 is 5.73. The van der Waals surface area contributed by atoms with Crippen molar-refractivity contribution in [1.82, 2.24) is 16.0 Å². The van der Waals surface area contributed by atoms with Crippen molar-refractivity contribution in [1.29, 1.82) is 0 Å². The van der Waals surface area contributed by atoms with Crippen molar-refractivity contribution in [3.8, 4) is 0 Å². The first-order valence-corrected chi connectivity index (χ1v) is 11.5. The van der Waals surface area contributed by atoms with E-state index in [2.05, 4.69) is 16.0 Å². The van der Waals surface area contributed by atoms with Crippen molar-refractivity contribution in [3.63, 3.8) is 0 Å². The van der Waals surface area contributed by atoms with E-state index in [1.54, 1.807) is 0 Å². The number of benzene rings is 1. The molecule has 11 heteroatoms. The van der Waals surface area contributed by atoms with Gasteiger partial charge in [-0.15, -0.1) is 0 Å². The highest BCUT2D eigenvalue weighted by molar-refractivity contribution is 6.30. The highest BCUT2D eigenvalue weighted by atomic mass is 35.5. The number of hydrogen-bond acceptors (Lipinski definition) is 5. The number of aliphatic hydroxyl groups excluding tert-OH is 1.